The van der Waals surface area contributed by atoms with Crippen LogP contribution in [0.3, 0.4) is 0 Å². The van der Waals surface area contributed by atoms with Gasteiger partial charge in [0.2, 0.25) is 5.91 Å². The summed E-state index contributed by atoms with van der Waals surface area (Å²) in [5.41, 5.74) is 0. The summed E-state index contributed by atoms with van der Waals surface area (Å²) in [7, 11) is 1.68. The number of nitrogens with zero attached hydrogens (tertiary/aromatic N) is 1. The topological polar surface area (TPSA) is 49.8 Å². The molecule has 3 fully saturated rings. The van der Waals surface area contributed by atoms with Crippen LogP contribution in [-0.4, -0.2) is 59.8 Å². The van der Waals surface area contributed by atoms with Crippen LogP contribution in [0, 0.1) is 17.8 Å². The van der Waals surface area contributed by atoms with E-state index in [1.165, 1.54) is 0 Å². The van der Waals surface area contributed by atoms with Gasteiger partial charge in [-0.15, -0.1) is 11.8 Å². The van der Waals surface area contributed by atoms with Crippen LogP contribution in [-0.2, 0) is 9.53 Å². The first-order chi connectivity index (χ1) is 8.72. The van der Waals surface area contributed by atoms with Crippen LogP contribution >= 0.6 is 11.8 Å². The number of amides is 1. The van der Waals surface area contributed by atoms with E-state index in [9.17, 15) is 9.90 Å². The van der Waals surface area contributed by atoms with Crippen molar-refractivity contribution in [2.45, 2.75) is 25.0 Å². The molecular weight excluding hydrogens is 250 g/mol. The summed E-state index contributed by atoms with van der Waals surface area (Å²) in [5.74, 6) is 3.29. The minimum absolute atomic E-state index is 0.129. The van der Waals surface area contributed by atoms with Crippen LogP contribution in [0.1, 0.15) is 12.8 Å². The van der Waals surface area contributed by atoms with Gasteiger partial charge in [0.1, 0.15) is 0 Å². The predicted octanol–water partition coefficient (Wildman–Crippen LogP) is 0.594. The Bertz CT molecular complexity index is 336. The van der Waals surface area contributed by atoms with Gasteiger partial charge in [0.05, 0.1) is 24.5 Å². The Morgan fingerprint density at radius 2 is 2.28 bits per heavy atom. The molecule has 1 amide bonds. The molecular formula is C13H21NO3S. The van der Waals surface area contributed by atoms with Crippen LogP contribution in [0.25, 0.3) is 0 Å². The minimum atomic E-state index is -0.262. The van der Waals surface area contributed by atoms with Gasteiger partial charge < -0.3 is 14.7 Å². The highest BCUT2D eigenvalue weighted by Crippen LogP contribution is 2.54. The summed E-state index contributed by atoms with van der Waals surface area (Å²) in [6.45, 7) is 1.57. The van der Waals surface area contributed by atoms with Crippen molar-refractivity contribution in [1.82, 2.24) is 4.90 Å². The largest absolute Gasteiger partial charge is 0.391 e. The molecule has 1 heterocycles. The maximum atomic E-state index is 12.2. The van der Waals surface area contributed by atoms with Gasteiger partial charge in [-0.25, -0.2) is 0 Å². The van der Waals surface area contributed by atoms with Crippen molar-refractivity contribution in [3.63, 3.8) is 0 Å². The third-order valence-corrected chi connectivity index (χ3v) is 5.73. The van der Waals surface area contributed by atoms with Gasteiger partial charge in [-0.3, -0.25) is 4.79 Å². The summed E-state index contributed by atoms with van der Waals surface area (Å²) in [4.78, 5) is 14.2. The Labute approximate surface area is 112 Å². The summed E-state index contributed by atoms with van der Waals surface area (Å²) < 4.78 is 4.97. The van der Waals surface area contributed by atoms with Gasteiger partial charge in [0, 0.05) is 19.4 Å². The Morgan fingerprint density at radius 1 is 1.44 bits per heavy atom. The van der Waals surface area contributed by atoms with E-state index in [0.717, 1.165) is 25.1 Å². The third-order valence-electron chi connectivity index (χ3n) is 4.83. The first-order valence-corrected chi connectivity index (χ1v) is 7.92. The molecule has 1 aliphatic heterocycles. The first kappa shape index (κ1) is 12.8. The van der Waals surface area contributed by atoms with Gasteiger partial charge in [0.15, 0.2) is 0 Å². The van der Waals surface area contributed by atoms with E-state index in [-0.39, 0.29) is 18.1 Å². The fourth-order valence-electron chi connectivity index (χ4n) is 4.08. The number of thioether (sulfide) groups is 1. The number of fused-ring (bicyclic) bond motifs is 1. The number of likely N-dealkylation sites (tertiary alicyclic amines) is 1. The van der Waals surface area contributed by atoms with Gasteiger partial charge in [-0.2, -0.15) is 0 Å². The normalized spacial score (nSPS) is 40.8. The molecule has 2 aliphatic carbocycles. The second kappa shape index (κ2) is 5.02. The van der Waals surface area contributed by atoms with Crippen molar-refractivity contribution in [1.29, 1.82) is 0 Å². The Morgan fingerprint density at radius 3 is 3.00 bits per heavy atom. The van der Waals surface area contributed by atoms with Crippen molar-refractivity contribution < 1.29 is 14.6 Å². The average Bonchev–Trinajstić information content (AvgIpc) is 2.95. The molecule has 1 N–H and O–H groups in total. The molecule has 5 atom stereocenters. The van der Waals surface area contributed by atoms with Crippen LogP contribution in [0.15, 0.2) is 0 Å². The lowest BCUT2D eigenvalue weighted by Crippen LogP contribution is -2.44. The van der Waals surface area contributed by atoms with Crippen LogP contribution < -0.4 is 0 Å². The third kappa shape index (κ3) is 1.96. The molecule has 5 unspecified atom stereocenters. The molecule has 2 bridgehead atoms. The molecule has 0 aromatic heterocycles. The predicted molar refractivity (Wildman–Crippen MR) is 70.4 cm³/mol. The van der Waals surface area contributed by atoms with Crippen molar-refractivity contribution in [3.8, 4) is 0 Å². The molecule has 0 aromatic rings. The number of aliphatic hydroxyl groups is 1. The molecule has 102 valence electrons. The van der Waals surface area contributed by atoms with Crippen LogP contribution in [0.2, 0.25) is 0 Å². The summed E-state index contributed by atoms with van der Waals surface area (Å²) >= 11 is 1.63. The summed E-state index contributed by atoms with van der Waals surface area (Å²) in [6.07, 6.45) is 2.00. The SMILES string of the molecule is COCCSCC(=O)N1CC2CC3CC2C1C3O. The van der Waals surface area contributed by atoms with E-state index in [2.05, 4.69) is 0 Å². The van der Waals surface area contributed by atoms with Gasteiger partial charge in [0.25, 0.3) is 0 Å². The van der Waals surface area contributed by atoms with Crippen LogP contribution in [0.4, 0.5) is 0 Å². The zero-order valence-electron chi connectivity index (χ0n) is 10.7. The molecule has 0 spiro atoms. The van der Waals surface area contributed by atoms with Gasteiger partial charge in [-0.1, -0.05) is 0 Å². The van der Waals surface area contributed by atoms with Crippen molar-refractivity contribution in [2.75, 3.05) is 31.8 Å². The Hall–Kier alpha value is -0.260. The number of hydrogen-bond donors (Lipinski definition) is 1. The molecule has 4 nitrogen and oxygen atoms in total. The molecule has 0 radical (unpaired) electrons. The zero-order chi connectivity index (χ0) is 12.7. The molecule has 3 rings (SSSR count). The molecule has 2 saturated carbocycles. The van der Waals surface area contributed by atoms with E-state index >= 15 is 0 Å². The van der Waals surface area contributed by atoms with E-state index in [4.69, 9.17) is 4.74 Å². The minimum Gasteiger partial charge on any atom is -0.391 e. The van der Waals surface area contributed by atoms with Crippen molar-refractivity contribution in [2.24, 2.45) is 17.8 Å². The number of carbonyl (C=O) groups excluding carboxylic acids is 1. The number of aliphatic hydroxyl groups excluding tert-OH is 1. The monoisotopic (exact) mass is 271 g/mol. The van der Waals surface area contributed by atoms with E-state index < -0.39 is 0 Å². The van der Waals surface area contributed by atoms with Gasteiger partial charge in [-0.05, 0) is 30.6 Å². The van der Waals surface area contributed by atoms with Crippen molar-refractivity contribution in [3.05, 3.63) is 0 Å². The lowest BCUT2D eigenvalue weighted by Gasteiger charge is -2.28. The number of hydrogen-bond acceptors (Lipinski definition) is 4. The fraction of sp³-hybridized carbons (Fsp3) is 0.923. The standard InChI is InChI=1S/C13H21NO3S/c1-17-2-3-18-7-11(15)14-6-9-4-8-5-10(9)12(14)13(8)16/h8-10,12-13,16H,2-7H2,1H3. The smallest absolute Gasteiger partial charge is 0.232 e. The van der Waals surface area contributed by atoms with Crippen molar-refractivity contribution >= 4 is 17.7 Å². The molecule has 18 heavy (non-hydrogen) atoms. The maximum absolute atomic E-state index is 12.2. The Kier molecular flexibility index (Phi) is 3.56. The van der Waals surface area contributed by atoms with E-state index in [1.807, 2.05) is 4.90 Å². The molecule has 5 heteroatoms. The highest BCUT2D eigenvalue weighted by Gasteiger charge is 2.59. The fourth-order valence-corrected chi connectivity index (χ4v) is 4.85. The zero-order valence-corrected chi connectivity index (χ0v) is 11.6. The van der Waals surface area contributed by atoms with Crippen LogP contribution in [0.5, 0.6) is 0 Å². The maximum Gasteiger partial charge on any atom is 0.232 e. The molecule has 3 aliphatic rings. The average molecular weight is 271 g/mol. The summed E-state index contributed by atoms with van der Waals surface area (Å²) in [5, 5.41) is 10.2. The lowest BCUT2D eigenvalue weighted by molar-refractivity contribution is -0.131. The second-order valence-corrected chi connectivity index (χ2v) is 6.83. The highest BCUT2D eigenvalue weighted by atomic mass is 32.2. The van der Waals surface area contributed by atoms with E-state index in [1.54, 1.807) is 18.9 Å². The second-order valence-electron chi connectivity index (χ2n) is 5.73. The molecule has 0 aromatic carbocycles. The number of rotatable bonds is 5. The number of carbonyl (C=O) groups is 1. The number of ether oxygens (including phenoxy) is 1. The quantitative estimate of drug-likeness (QED) is 0.744. The van der Waals surface area contributed by atoms with Gasteiger partial charge >= 0.3 is 0 Å². The lowest BCUT2D eigenvalue weighted by atomic mass is 9.88. The Balaban J connectivity index is 1.56. The van der Waals surface area contributed by atoms with E-state index in [0.29, 0.717) is 30.1 Å². The molecule has 1 saturated heterocycles. The number of methoxy groups -OCH3 is 1. The first-order valence-electron chi connectivity index (χ1n) is 6.76. The summed E-state index contributed by atoms with van der Waals surface area (Å²) in [6, 6.07) is 0.129. The highest BCUT2D eigenvalue weighted by molar-refractivity contribution is 7.99.